The van der Waals surface area contributed by atoms with Crippen molar-refractivity contribution in [2.45, 2.75) is 31.6 Å². The van der Waals surface area contributed by atoms with Crippen molar-refractivity contribution in [2.75, 3.05) is 26.2 Å². The molecule has 2 aliphatic heterocycles. The largest absolute Gasteiger partial charge is 0.308 e. The van der Waals surface area contributed by atoms with E-state index in [1.807, 2.05) is 29.2 Å². The van der Waals surface area contributed by atoms with E-state index in [2.05, 4.69) is 61.6 Å². The molecule has 6 heteroatoms. The summed E-state index contributed by atoms with van der Waals surface area (Å²) in [6.45, 7) is 6.51. The van der Waals surface area contributed by atoms with Crippen LogP contribution in [-0.2, 0) is 13.1 Å². The van der Waals surface area contributed by atoms with Crippen LogP contribution < -0.4 is 5.32 Å². The fourth-order valence-electron chi connectivity index (χ4n) is 4.66. The predicted molar refractivity (Wildman–Crippen MR) is 114 cm³/mol. The van der Waals surface area contributed by atoms with Gasteiger partial charge >= 0.3 is 0 Å². The van der Waals surface area contributed by atoms with Gasteiger partial charge < -0.3 is 5.32 Å². The van der Waals surface area contributed by atoms with E-state index in [0.29, 0.717) is 12.1 Å². The summed E-state index contributed by atoms with van der Waals surface area (Å²) in [6.07, 6.45) is 6.78. The zero-order valence-electron chi connectivity index (χ0n) is 16.7. The van der Waals surface area contributed by atoms with Gasteiger partial charge in [-0.25, -0.2) is 9.67 Å². The quantitative estimate of drug-likeness (QED) is 0.702. The SMILES string of the molecule is c1ccc(CN2CCN3CC(NCc4cccnc4-n4cccn4)C[C@H]3C2)cc1. The second kappa shape index (κ2) is 8.45. The van der Waals surface area contributed by atoms with Crippen LogP contribution in [0.25, 0.3) is 5.82 Å². The molecule has 2 saturated heterocycles. The van der Waals surface area contributed by atoms with Crippen molar-refractivity contribution in [3.05, 3.63) is 78.2 Å². The predicted octanol–water partition coefficient (Wildman–Crippen LogP) is 2.32. The van der Waals surface area contributed by atoms with E-state index in [4.69, 9.17) is 0 Å². The minimum absolute atomic E-state index is 0.530. The lowest BCUT2D eigenvalue weighted by molar-refractivity contribution is 0.0991. The highest BCUT2D eigenvalue weighted by atomic mass is 15.3. The number of fused-ring (bicyclic) bond motifs is 1. The van der Waals surface area contributed by atoms with Crippen LogP contribution in [0.3, 0.4) is 0 Å². The fraction of sp³-hybridized carbons (Fsp3) is 0.391. The Labute approximate surface area is 172 Å². The number of nitrogens with one attached hydrogen (secondary N) is 1. The molecule has 6 nitrogen and oxygen atoms in total. The van der Waals surface area contributed by atoms with E-state index in [1.165, 1.54) is 30.6 Å². The van der Waals surface area contributed by atoms with E-state index in [-0.39, 0.29) is 0 Å². The second-order valence-corrected chi connectivity index (χ2v) is 8.12. The van der Waals surface area contributed by atoms with Crippen molar-refractivity contribution in [2.24, 2.45) is 0 Å². The number of nitrogens with zero attached hydrogens (tertiary/aromatic N) is 5. The van der Waals surface area contributed by atoms with Gasteiger partial charge in [-0.3, -0.25) is 9.80 Å². The summed E-state index contributed by atoms with van der Waals surface area (Å²) in [7, 11) is 0. The van der Waals surface area contributed by atoms with Crippen LogP contribution in [0.15, 0.2) is 67.1 Å². The lowest BCUT2D eigenvalue weighted by Crippen LogP contribution is -2.49. The zero-order valence-corrected chi connectivity index (χ0v) is 16.7. The standard InChI is InChI=1S/C23H28N6/c1-2-6-19(7-3-1)16-27-12-13-28-17-21(14-22(28)18-27)25-15-20-8-4-9-24-23(20)29-11-5-10-26-29/h1-11,21-22,25H,12-18H2/t21?,22-/m0/s1. The Kier molecular flexibility index (Phi) is 5.39. The van der Waals surface area contributed by atoms with Crippen LogP contribution in [0.2, 0.25) is 0 Å². The molecule has 2 aliphatic rings. The molecule has 0 bridgehead atoms. The molecule has 3 aromatic rings. The van der Waals surface area contributed by atoms with Gasteiger partial charge in [0.15, 0.2) is 5.82 Å². The molecule has 29 heavy (non-hydrogen) atoms. The molecule has 5 rings (SSSR count). The number of piperazine rings is 1. The average molecular weight is 389 g/mol. The Balaban J connectivity index is 1.17. The van der Waals surface area contributed by atoms with Gasteiger partial charge in [0.2, 0.25) is 0 Å². The molecule has 0 radical (unpaired) electrons. The lowest BCUT2D eigenvalue weighted by atomic mass is 10.1. The van der Waals surface area contributed by atoms with Gasteiger partial charge in [-0.1, -0.05) is 36.4 Å². The van der Waals surface area contributed by atoms with E-state index in [9.17, 15) is 0 Å². The summed E-state index contributed by atoms with van der Waals surface area (Å²) in [5.41, 5.74) is 2.60. The normalized spacial score (nSPS) is 22.6. The molecule has 1 N–H and O–H groups in total. The topological polar surface area (TPSA) is 49.2 Å². The summed E-state index contributed by atoms with van der Waals surface area (Å²) in [5, 5.41) is 8.12. The average Bonchev–Trinajstić information content (AvgIpc) is 3.43. The first-order chi connectivity index (χ1) is 14.3. The molecule has 2 atom stereocenters. The minimum Gasteiger partial charge on any atom is -0.308 e. The van der Waals surface area contributed by atoms with Crippen molar-refractivity contribution in [1.29, 1.82) is 0 Å². The van der Waals surface area contributed by atoms with Crippen LogP contribution in [0.4, 0.5) is 0 Å². The van der Waals surface area contributed by atoms with Crippen molar-refractivity contribution in [3.63, 3.8) is 0 Å². The van der Waals surface area contributed by atoms with Crippen molar-refractivity contribution in [3.8, 4) is 5.82 Å². The molecule has 0 aliphatic carbocycles. The summed E-state index contributed by atoms with van der Waals surface area (Å²) in [6, 6.07) is 18.1. The van der Waals surface area contributed by atoms with Crippen LogP contribution in [0, 0.1) is 0 Å². The zero-order chi connectivity index (χ0) is 19.5. The first-order valence-corrected chi connectivity index (χ1v) is 10.5. The van der Waals surface area contributed by atoms with Gasteiger partial charge in [0, 0.05) is 75.5 Å². The number of aromatic nitrogens is 3. The molecule has 150 valence electrons. The Morgan fingerprint density at radius 1 is 0.966 bits per heavy atom. The summed E-state index contributed by atoms with van der Waals surface area (Å²) >= 11 is 0. The van der Waals surface area contributed by atoms with E-state index in [0.717, 1.165) is 32.0 Å². The van der Waals surface area contributed by atoms with E-state index in [1.54, 1.807) is 6.20 Å². The third kappa shape index (κ3) is 4.24. The van der Waals surface area contributed by atoms with E-state index >= 15 is 0 Å². The van der Waals surface area contributed by atoms with Gasteiger partial charge in [-0.15, -0.1) is 0 Å². The van der Waals surface area contributed by atoms with Gasteiger partial charge in [0.25, 0.3) is 0 Å². The number of hydrogen-bond acceptors (Lipinski definition) is 5. The third-order valence-electron chi connectivity index (χ3n) is 6.12. The lowest BCUT2D eigenvalue weighted by Gasteiger charge is -2.37. The first kappa shape index (κ1) is 18.5. The molecular formula is C23H28N6. The Morgan fingerprint density at radius 3 is 2.76 bits per heavy atom. The Bertz CT molecular complexity index is 910. The molecule has 2 aromatic heterocycles. The first-order valence-electron chi connectivity index (χ1n) is 10.5. The van der Waals surface area contributed by atoms with E-state index < -0.39 is 0 Å². The number of pyridine rings is 1. The summed E-state index contributed by atoms with van der Waals surface area (Å²) in [5.74, 6) is 0.912. The van der Waals surface area contributed by atoms with Gasteiger partial charge in [0.1, 0.15) is 0 Å². The van der Waals surface area contributed by atoms with Gasteiger partial charge in [0.05, 0.1) is 0 Å². The molecular weight excluding hydrogens is 360 g/mol. The maximum absolute atomic E-state index is 4.53. The summed E-state index contributed by atoms with van der Waals surface area (Å²) < 4.78 is 1.84. The van der Waals surface area contributed by atoms with Crippen LogP contribution in [0.1, 0.15) is 17.5 Å². The number of hydrogen-bond donors (Lipinski definition) is 1. The molecule has 1 aromatic carbocycles. The van der Waals surface area contributed by atoms with Gasteiger partial charge in [-0.05, 0) is 24.1 Å². The van der Waals surface area contributed by atoms with Crippen molar-refractivity contribution < 1.29 is 0 Å². The van der Waals surface area contributed by atoms with Crippen molar-refractivity contribution in [1.82, 2.24) is 29.9 Å². The third-order valence-corrected chi connectivity index (χ3v) is 6.12. The van der Waals surface area contributed by atoms with Crippen LogP contribution in [0.5, 0.6) is 0 Å². The number of benzene rings is 1. The highest BCUT2D eigenvalue weighted by Gasteiger charge is 2.35. The molecule has 4 heterocycles. The minimum atomic E-state index is 0.530. The molecule has 0 saturated carbocycles. The highest BCUT2D eigenvalue weighted by molar-refractivity contribution is 5.32. The second-order valence-electron chi connectivity index (χ2n) is 8.12. The molecule has 1 unspecified atom stereocenters. The Morgan fingerprint density at radius 2 is 1.90 bits per heavy atom. The van der Waals surface area contributed by atoms with Crippen LogP contribution >= 0.6 is 0 Å². The molecule has 0 spiro atoms. The highest BCUT2D eigenvalue weighted by Crippen LogP contribution is 2.24. The number of rotatable bonds is 6. The summed E-state index contributed by atoms with van der Waals surface area (Å²) in [4.78, 5) is 9.80. The van der Waals surface area contributed by atoms with Crippen LogP contribution in [-0.4, -0.2) is 62.8 Å². The van der Waals surface area contributed by atoms with Crippen molar-refractivity contribution >= 4 is 0 Å². The fourth-order valence-corrected chi connectivity index (χ4v) is 4.66. The smallest absolute Gasteiger partial charge is 0.157 e. The monoisotopic (exact) mass is 388 g/mol. The molecule has 2 fully saturated rings. The Hall–Kier alpha value is -2.54. The molecule has 0 amide bonds. The van der Waals surface area contributed by atoms with Gasteiger partial charge in [-0.2, -0.15) is 5.10 Å². The maximum Gasteiger partial charge on any atom is 0.157 e. The maximum atomic E-state index is 4.53.